The third-order valence-electron chi connectivity index (χ3n) is 5.09. The van der Waals surface area contributed by atoms with E-state index in [4.69, 9.17) is 4.74 Å². The Bertz CT molecular complexity index is 986. The number of hydrogen-bond acceptors (Lipinski definition) is 6. The van der Waals surface area contributed by atoms with Gasteiger partial charge in [0.25, 0.3) is 5.91 Å². The third kappa shape index (κ3) is 5.63. The number of anilines is 1. The molecule has 168 valence electrons. The number of rotatable bonds is 8. The van der Waals surface area contributed by atoms with E-state index in [-0.39, 0.29) is 37.1 Å². The molecule has 3 rings (SSSR count). The monoisotopic (exact) mass is 438 g/mol. The average Bonchev–Trinajstić information content (AvgIpc) is 3.10. The quantitative estimate of drug-likeness (QED) is 0.497. The van der Waals surface area contributed by atoms with Crippen molar-refractivity contribution in [2.24, 2.45) is 0 Å². The van der Waals surface area contributed by atoms with Crippen molar-refractivity contribution in [3.8, 4) is 0 Å². The van der Waals surface area contributed by atoms with E-state index in [0.717, 1.165) is 16.2 Å². The van der Waals surface area contributed by atoms with Gasteiger partial charge in [-0.2, -0.15) is 0 Å². The number of benzene rings is 2. The summed E-state index contributed by atoms with van der Waals surface area (Å²) in [6.45, 7) is 0.156. The molecule has 0 aliphatic carbocycles. The predicted octanol–water partition coefficient (Wildman–Crippen LogP) is 1.62. The van der Waals surface area contributed by atoms with Crippen LogP contribution in [0.5, 0.6) is 0 Å². The maximum absolute atomic E-state index is 12.3. The van der Waals surface area contributed by atoms with Crippen LogP contribution in [-0.4, -0.2) is 67.9 Å². The summed E-state index contributed by atoms with van der Waals surface area (Å²) in [6, 6.07) is 13.8. The molecule has 1 N–H and O–H groups in total. The molecule has 0 spiro atoms. The van der Waals surface area contributed by atoms with Gasteiger partial charge in [-0.1, -0.05) is 24.3 Å². The van der Waals surface area contributed by atoms with Crippen LogP contribution < -0.4 is 10.2 Å². The maximum Gasteiger partial charge on any atom is 0.338 e. The molecule has 2 aromatic carbocycles. The Labute approximate surface area is 186 Å². The molecular formula is C23H26N4O5. The molecule has 0 saturated carbocycles. The number of esters is 1. The molecule has 2 aromatic rings. The van der Waals surface area contributed by atoms with Gasteiger partial charge in [0, 0.05) is 33.4 Å². The van der Waals surface area contributed by atoms with E-state index in [1.807, 2.05) is 43.3 Å². The van der Waals surface area contributed by atoms with Crippen molar-refractivity contribution < 1.29 is 23.9 Å². The summed E-state index contributed by atoms with van der Waals surface area (Å²) in [7, 11) is 5.57. The molecule has 1 heterocycles. The lowest BCUT2D eigenvalue weighted by Gasteiger charge is -2.18. The average molecular weight is 438 g/mol. The first-order valence-electron chi connectivity index (χ1n) is 10.1. The van der Waals surface area contributed by atoms with Gasteiger partial charge in [0.2, 0.25) is 5.91 Å². The van der Waals surface area contributed by atoms with Crippen molar-refractivity contribution >= 4 is 29.5 Å². The fourth-order valence-corrected chi connectivity index (χ4v) is 3.13. The van der Waals surface area contributed by atoms with Crippen LogP contribution in [0.25, 0.3) is 0 Å². The first-order valence-corrected chi connectivity index (χ1v) is 10.1. The van der Waals surface area contributed by atoms with Crippen molar-refractivity contribution in [2.45, 2.75) is 13.1 Å². The predicted molar refractivity (Wildman–Crippen MR) is 118 cm³/mol. The minimum atomic E-state index is -0.622. The first kappa shape index (κ1) is 22.8. The van der Waals surface area contributed by atoms with Gasteiger partial charge in [0.1, 0.15) is 0 Å². The Hall–Kier alpha value is -3.88. The molecule has 0 radical (unpaired) electrons. The van der Waals surface area contributed by atoms with Gasteiger partial charge in [-0.3, -0.25) is 14.5 Å². The van der Waals surface area contributed by atoms with Crippen LogP contribution in [0, 0.1) is 0 Å². The van der Waals surface area contributed by atoms with Crippen molar-refractivity contribution in [3.05, 3.63) is 65.2 Å². The fourth-order valence-electron chi connectivity index (χ4n) is 3.13. The molecule has 0 atom stereocenters. The van der Waals surface area contributed by atoms with E-state index >= 15 is 0 Å². The summed E-state index contributed by atoms with van der Waals surface area (Å²) in [4.78, 5) is 52.5. The zero-order valence-corrected chi connectivity index (χ0v) is 18.3. The van der Waals surface area contributed by atoms with E-state index in [9.17, 15) is 19.2 Å². The Kier molecular flexibility index (Phi) is 7.09. The second kappa shape index (κ2) is 9.95. The number of carbonyl (C=O) groups excluding carboxylic acids is 4. The van der Waals surface area contributed by atoms with Crippen LogP contribution in [0.2, 0.25) is 0 Å². The molecule has 9 heteroatoms. The number of nitrogens with zero attached hydrogens (tertiary/aromatic N) is 3. The summed E-state index contributed by atoms with van der Waals surface area (Å²) < 4.78 is 5.14. The van der Waals surface area contributed by atoms with Crippen molar-refractivity contribution in [1.82, 2.24) is 15.1 Å². The highest BCUT2D eigenvalue weighted by atomic mass is 16.5. The summed E-state index contributed by atoms with van der Waals surface area (Å²) >= 11 is 0. The van der Waals surface area contributed by atoms with E-state index in [0.29, 0.717) is 12.1 Å². The number of amides is 4. The molecule has 1 fully saturated rings. The Morgan fingerprint density at radius 3 is 2.16 bits per heavy atom. The molecule has 0 aromatic heterocycles. The highest BCUT2D eigenvalue weighted by molar-refractivity contribution is 6.01. The molecule has 4 amide bonds. The van der Waals surface area contributed by atoms with E-state index < -0.39 is 12.0 Å². The van der Waals surface area contributed by atoms with E-state index in [1.54, 1.807) is 19.2 Å². The Balaban J connectivity index is 1.48. The molecular weight excluding hydrogens is 412 g/mol. The normalized spacial score (nSPS) is 13.0. The Morgan fingerprint density at radius 1 is 0.969 bits per heavy atom. The number of ether oxygens (including phenoxy) is 1. The summed E-state index contributed by atoms with van der Waals surface area (Å²) in [5.74, 6) is -1.23. The molecule has 9 nitrogen and oxygen atoms in total. The van der Waals surface area contributed by atoms with Crippen molar-refractivity contribution in [3.63, 3.8) is 0 Å². The van der Waals surface area contributed by atoms with E-state index in [1.165, 1.54) is 17.0 Å². The van der Waals surface area contributed by atoms with Gasteiger partial charge >= 0.3 is 12.0 Å². The topological polar surface area (TPSA) is 99.3 Å². The van der Waals surface area contributed by atoms with Gasteiger partial charge in [-0.15, -0.1) is 0 Å². The number of urea groups is 1. The zero-order chi connectivity index (χ0) is 23.3. The third-order valence-corrected chi connectivity index (χ3v) is 5.09. The van der Waals surface area contributed by atoms with Crippen LogP contribution in [0.3, 0.4) is 0 Å². The van der Waals surface area contributed by atoms with E-state index in [2.05, 4.69) is 5.32 Å². The number of nitrogens with one attached hydrogen (secondary N) is 1. The van der Waals surface area contributed by atoms with Crippen LogP contribution in [-0.2, 0) is 27.4 Å². The lowest BCUT2D eigenvalue weighted by molar-refractivity contribution is -0.133. The molecule has 1 aliphatic heterocycles. The lowest BCUT2D eigenvalue weighted by atomic mass is 10.1. The smallest absolute Gasteiger partial charge is 0.338 e. The summed E-state index contributed by atoms with van der Waals surface area (Å²) in [6.07, 6.45) is 0. The van der Waals surface area contributed by atoms with Crippen molar-refractivity contribution in [2.75, 3.05) is 39.2 Å². The van der Waals surface area contributed by atoms with Gasteiger partial charge in [-0.05, 0) is 35.4 Å². The SMILES string of the molecule is CN(Cc1ccc(N(C)C)cc1)C(=O)COC(=O)c1ccc(CN2C(=O)CNC2=O)cc1. The molecule has 1 saturated heterocycles. The minimum absolute atomic E-state index is 0.00683. The fraction of sp³-hybridized carbons (Fsp3) is 0.304. The Morgan fingerprint density at radius 2 is 1.59 bits per heavy atom. The number of imide groups is 1. The van der Waals surface area contributed by atoms with Crippen LogP contribution in [0.15, 0.2) is 48.5 Å². The number of carbonyl (C=O) groups is 4. The zero-order valence-electron chi connectivity index (χ0n) is 18.3. The second-order valence-corrected chi connectivity index (χ2v) is 7.72. The van der Waals surface area contributed by atoms with Gasteiger partial charge in [0.15, 0.2) is 6.61 Å². The molecule has 32 heavy (non-hydrogen) atoms. The first-order chi connectivity index (χ1) is 15.2. The molecule has 0 unspecified atom stereocenters. The van der Waals surface area contributed by atoms with Gasteiger partial charge < -0.3 is 19.9 Å². The standard InChI is InChI=1S/C23H26N4O5/c1-25(2)19-10-6-16(7-11-19)13-26(3)21(29)15-32-22(30)18-8-4-17(5-9-18)14-27-20(28)12-24-23(27)31/h4-11H,12-15H2,1-3H3,(H,24,31). The number of hydrogen-bond donors (Lipinski definition) is 1. The lowest BCUT2D eigenvalue weighted by Crippen LogP contribution is -2.31. The van der Waals surface area contributed by atoms with Gasteiger partial charge in [0.05, 0.1) is 18.7 Å². The largest absolute Gasteiger partial charge is 0.452 e. The van der Waals surface area contributed by atoms with Crippen LogP contribution in [0.1, 0.15) is 21.5 Å². The van der Waals surface area contributed by atoms with Crippen molar-refractivity contribution in [1.29, 1.82) is 0 Å². The molecule has 0 bridgehead atoms. The maximum atomic E-state index is 12.3. The number of likely N-dealkylation sites (N-methyl/N-ethyl adjacent to an activating group) is 1. The molecule has 1 aliphatic rings. The highest BCUT2D eigenvalue weighted by Gasteiger charge is 2.28. The summed E-state index contributed by atoms with van der Waals surface area (Å²) in [5.41, 5.74) is 3.01. The minimum Gasteiger partial charge on any atom is -0.452 e. The van der Waals surface area contributed by atoms with Crippen LogP contribution in [0.4, 0.5) is 10.5 Å². The highest BCUT2D eigenvalue weighted by Crippen LogP contribution is 2.14. The van der Waals surface area contributed by atoms with Gasteiger partial charge in [-0.25, -0.2) is 9.59 Å². The summed E-state index contributed by atoms with van der Waals surface area (Å²) in [5, 5.41) is 2.45. The second-order valence-electron chi connectivity index (χ2n) is 7.72. The van der Waals surface area contributed by atoms with Crippen LogP contribution >= 0.6 is 0 Å².